The van der Waals surface area contributed by atoms with E-state index in [1.54, 1.807) is 0 Å². The molecule has 92 valence electrons. The Morgan fingerprint density at radius 2 is 2.12 bits per heavy atom. The zero-order valence-electron chi connectivity index (χ0n) is 10.1. The maximum absolute atomic E-state index is 8.36. The number of hydrogen-bond acceptors (Lipinski definition) is 2. The molecule has 0 aliphatic carbocycles. The van der Waals surface area contributed by atoms with Crippen LogP contribution in [0.1, 0.15) is 12.5 Å². The lowest BCUT2D eigenvalue weighted by atomic mass is 10.1. The van der Waals surface area contributed by atoms with Crippen molar-refractivity contribution >= 4 is 17.4 Å². The molecule has 0 spiro atoms. The van der Waals surface area contributed by atoms with E-state index in [4.69, 9.17) is 9.90 Å². The fourth-order valence-electron chi connectivity index (χ4n) is 1.73. The minimum Gasteiger partial charge on any atom is -0.483 e. The quantitative estimate of drug-likeness (QED) is 0.712. The van der Waals surface area contributed by atoms with E-state index in [0.717, 1.165) is 6.42 Å². The minimum atomic E-state index is -0.250. The summed E-state index contributed by atoms with van der Waals surface area (Å²) in [4.78, 5) is 11.7. The summed E-state index contributed by atoms with van der Waals surface area (Å²) in [5.41, 5.74) is 2.62. The van der Waals surface area contributed by atoms with Gasteiger partial charge in [-0.3, -0.25) is 4.79 Å². The third kappa shape index (κ3) is 3.60. The molecule has 2 rings (SSSR count). The number of aromatic nitrogens is 1. The predicted molar refractivity (Wildman–Crippen MR) is 69.2 cm³/mol. The van der Waals surface area contributed by atoms with E-state index >= 15 is 0 Å². The average Bonchev–Trinajstić information content (AvgIpc) is 2.74. The lowest BCUT2D eigenvalue weighted by Gasteiger charge is -2.08. The molecule has 17 heavy (non-hydrogen) atoms. The zero-order chi connectivity index (χ0) is 12.7. The summed E-state index contributed by atoms with van der Waals surface area (Å²) < 4.78 is 0. The molecule has 0 aliphatic heterocycles. The summed E-state index contributed by atoms with van der Waals surface area (Å²) in [5.74, 6) is 0. The molecule has 1 heterocycles. The van der Waals surface area contributed by atoms with Gasteiger partial charge in [0, 0.05) is 23.1 Å². The van der Waals surface area contributed by atoms with Crippen molar-refractivity contribution in [2.24, 2.45) is 0 Å². The molecule has 1 aromatic carbocycles. The molecule has 1 atom stereocenters. The highest BCUT2D eigenvalue weighted by atomic mass is 16.3. The number of carbonyl (C=O) groups is 1. The van der Waals surface area contributed by atoms with E-state index in [-0.39, 0.29) is 6.47 Å². The molecule has 0 radical (unpaired) electrons. The highest BCUT2D eigenvalue weighted by molar-refractivity contribution is 5.83. The van der Waals surface area contributed by atoms with Crippen LogP contribution in [0, 0.1) is 0 Å². The van der Waals surface area contributed by atoms with Crippen LogP contribution >= 0.6 is 0 Å². The molecule has 0 aliphatic rings. The first-order valence-corrected chi connectivity index (χ1v) is 5.53. The molecule has 4 nitrogen and oxygen atoms in total. The highest BCUT2D eigenvalue weighted by Gasteiger charge is 2.05. The Balaban J connectivity index is 0.000000437. The number of nitrogens with one attached hydrogen (secondary N) is 2. The van der Waals surface area contributed by atoms with Crippen molar-refractivity contribution in [2.75, 3.05) is 7.05 Å². The van der Waals surface area contributed by atoms with Gasteiger partial charge in [0.25, 0.3) is 6.47 Å². The summed E-state index contributed by atoms with van der Waals surface area (Å²) in [6.07, 6.45) is 3.18. The van der Waals surface area contributed by atoms with Gasteiger partial charge in [-0.05, 0) is 32.0 Å². The van der Waals surface area contributed by atoms with Gasteiger partial charge in [0.15, 0.2) is 0 Å². The fourth-order valence-corrected chi connectivity index (χ4v) is 1.73. The van der Waals surface area contributed by atoms with E-state index in [9.17, 15) is 0 Å². The third-order valence-electron chi connectivity index (χ3n) is 2.69. The molecular weight excluding hydrogens is 216 g/mol. The van der Waals surface area contributed by atoms with Gasteiger partial charge < -0.3 is 15.4 Å². The Bertz CT molecular complexity index is 465. The first kappa shape index (κ1) is 13.3. The van der Waals surface area contributed by atoms with Gasteiger partial charge in [-0.25, -0.2) is 0 Å². The molecule has 0 bridgehead atoms. The number of hydrogen-bond donors (Lipinski definition) is 3. The fraction of sp³-hybridized carbons (Fsp3) is 0.308. The highest BCUT2D eigenvalue weighted by Crippen LogP contribution is 2.18. The van der Waals surface area contributed by atoms with Gasteiger partial charge in [0.05, 0.1) is 0 Å². The lowest BCUT2D eigenvalue weighted by molar-refractivity contribution is -0.122. The van der Waals surface area contributed by atoms with Gasteiger partial charge in [-0.2, -0.15) is 0 Å². The van der Waals surface area contributed by atoms with Crippen LogP contribution in [0.2, 0.25) is 0 Å². The number of carboxylic acid groups (broad SMARTS) is 1. The summed E-state index contributed by atoms with van der Waals surface area (Å²) in [5, 5.41) is 11.5. The predicted octanol–water partition coefficient (Wildman–Crippen LogP) is 2.02. The van der Waals surface area contributed by atoms with Gasteiger partial charge in [-0.15, -0.1) is 0 Å². The van der Waals surface area contributed by atoms with E-state index in [1.165, 1.54) is 16.5 Å². The second kappa shape index (κ2) is 6.70. The maximum atomic E-state index is 8.36. The van der Waals surface area contributed by atoms with Crippen LogP contribution in [0.25, 0.3) is 10.9 Å². The van der Waals surface area contributed by atoms with E-state index in [1.807, 2.05) is 7.05 Å². The second-order valence-corrected chi connectivity index (χ2v) is 3.86. The Hall–Kier alpha value is -1.81. The smallest absolute Gasteiger partial charge is 0.290 e. The van der Waals surface area contributed by atoms with Gasteiger partial charge in [-0.1, -0.05) is 18.2 Å². The van der Waals surface area contributed by atoms with Crippen molar-refractivity contribution in [1.82, 2.24) is 10.3 Å². The number of H-pyrrole nitrogens is 1. The Morgan fingerprint density at radius 3 is 2.76 bits per heavy atom. The summed E-state index contributed by atoms with van der Waals surface area (Å²) >= 11 is 0. The van der Waals surface area contributed by atoms with Gasteiger partial charge in [0.1, 0.15) is 0 Å². The van der Waals surface area contributed by atoms with E-state index < -0.39 is 0 Å². The van der Waals surface area contributed by atoms with Crippen LogP contribution < -0.4 is 5.32 Å². The SMILES string of the molecule is CNC(C)Cc1c[nH]c2ccccc12.O=CO. The maximum Gasteiger partial charge on any atom is 0.290 e. The van der Waals surface area contributed by atoms with Crippen molar-refractivity contribution in [2.45, 2.75) is 19.4 Å². The minimum absolute atomic E-state index is 0.250. The molecule has 0 saturated heterocycles. The molecule has 2 aromatic rings. The van der Waals surface area contributed by atoms with Gasteiger partial charge >= 0.3 is 0 Å². The van der Waals surface area contributed by atoms with Crippen molar-refractivity contribution < 1.29 is 9.90 Å². The molecule has 4 heteroatoms. The summed E-state index contributed by atoms with van der Waals surface area (Å²) in [6, 6.07) is 8.95. The lowest BCUT2D eigenvalue weighted by Crippen LogP contribution is -2.23. The van der Waals surface area contributed by atoms with Crippen LogP contribution in [-0.2, 0) is 11.2 Å². The number of aromatic amines is 1. The van der Waals surface area contributed by atoms with E-state index in [0.29, 0.717) is 6.04 Å². The van der Waals surface area contributed by atoms with Crippen LogP contribution in [-0.4, -0.2) is 29.7 Å². The Labute approximate surface area is 101 Å². The monoisotopic (exact) mass is 234 g/mol. The average molecular weight is 234 g/mol. The summed E-state index contributed by atoms with van der Waals surface area (Å²) in [6.45, 7) is 1.95. The standard InChI is InChI=1S/C12H16N2.CH2O2/c1-9(13-2)7-10-8-14-12-6-4-3-5-11(10)12;2-1-3/h3-6,8-9,13-14H,7H2,1-2H3;1H,(H,2,3). The molecule has 1 unspecified atom stereocenters. The first-order chi connectivity index (χ1) is 8.22. The zero-order valence-corrected chi connectivity index (χ0v) is 10.1. The van der Waals surface area contributed by atoms with Crippen LogP contribution in [0.3, 0.4) is 0 Å². The second-order valence-electron chi connectivity index (χ2n) is 3.86. The number of rotatable bonds is 3. The van der Waals surface area contributed by atoms with Gasteiger partial charge in [0.2, 0.25) is 0 Å². The number of likely N-dealkylation sites (N-methyl/N-ethyl adjacent to an activating group) is 1. The molecule has 3 N–H and O–H groups in total. The Kier molecular flexibility index (Phi) is 5.23. The van der Waals surface area contributed by atoms with Crippen LogP contribution in [0.4, 0.5) is 0 Å². The van der Waals surface area contributed by atoms with E-state index in [2.05, 4.69) is 47.7 Å². The Morgan fingerprint density at radius 1 is 1.47 bits per heavy atom. The molecule has 1 aromatic heterocycles. The first-order valence-electron chi connectivity index (χ1n) is 5.53. The number of para-hydroxylation sites is 1. The normalized spacial score (nSPS) is 11.6. The molecule has 0 saturated carbocycles. The van der Waals surface area contributed by atoms with Crippen LogP contribution in [0.5, 0.6) is 0 Å². The number of fused-ring (bicyclic) bond motifs is 1. The van der Waals surface area contributed by atoms with Crippen molar-refractivity contribution in [3.05, 3.63) is 36.0 Å². The summed E-state index contributed by atoms with van der Waals surface area (Å²) in [7, 11) is 2.00. The third-order valence-corrected chi connectivity index (χ3v) is 2.69. The largest absolute Gasteiger partial charge is 0.483 e. The molecular formula is C13H18N2O2. The number of benzene rings is 1. The van der Waals surface area contributed by atoms with Crippen molar-refractivity contribution in [3.8, 4) is 0 Å². The van der Waals surface area contributed by atoms with Crippen molar-refractivity contribution in [1.29, 1.82) is 0 Å². The molecule has 0 amide bonds. The topological polar surface area (TPSA) is 65.1 Å². The van der Waals surface area contributed by atoms with Crippen molar-refractivity contribution in [3.63, 3.8) is 0 Å². The molecule has 0 fully saturated rings. The van der Waals surface area contributed by atoms with Crippen LogP contribution in [0.15, 0.2) is 30.5 Å².